The third-order valence-electron chi connectivity index (χ3n) is 4.17. The smallest absolute Gasteiger partial charge is 0.254 e. The molecule has 0 radical (unpaired) electrons. The van der Waals surface area contributed by atoms with Gasteiger partial charge in [0.25, 0.3) is 5.91 Å². The molecule has 1 heterocycles. The average Bonchev–Trinajstić information content (AvgIpc) is 2.86. The van der Waals surface area contributed by atoms with Crippen LogP contribution >= 0.6 is 0 Å². The van der Waals surface area contributed by atoms with E-state index in [-0.39, 0.29) is 23.1 Å². The van der Waals surface area contributed by atoms with Gasteiger partial charge in [0.2, 0.25) is 5.91 Å². The van der Waals surface area contributed by atoms with Crippen LogP contribution in [0.5, 0.6) is 0 Å². The second-order valence-corrected chi connectivity index (χ2v) is 5.79. The lowest BCUT2D eigenvalue weighted by molar-refractivity contribution is -0.128. The molecule has 0 spiro atoms. The van der Waals surface area contributed by atoms with Crippen LogP contribution in [0, 0.1) is 18.2 Å². The monoisotopic (exact) mass is 293 g/mol. The first kappa shape index (κ1) is 15.3. The Balaban J connectivity index is 2.21. The lowest BCUT2D eigenvalue weighted by Gasteiger charge is -2.23. The van der Waals surface area contributed by atoms with Crippen molar-refractivity contribution in [3.05, 3.63) is 29.1 Å². The van der Waals surface area contributed by atoms with Crippen LogP contribution in [0.3, 0.4) is 0 Å². The Morgan fingerprint density at radius 3 is 2.67 bits per heavy atom. The largest absolute Gasteiger partial charge is 0.398 e. The molecule has 1 atom stereocenters. The van der Waals surface area contributed by atoms with Gasteiger partial charge in [0.05, 0.1) is 5.41 Å². The number of amides is 2. The molecule has 6 heteroatoms. The lowest BCUT2D eigenvalue weighted by atomic mass is 9.89. The van der Waals surface area contributed by atoms with E-state index in [9.17, 15) is 14.0 Å². The Kier molecular flexibility index (Phi) is 3.89. The molecule has 1 aliphatic rings. The molecule has 21 heavy (non-hydrogen) atoms. The molecule has 0 aromatic heterocycles. The summed E-state index contributed by atoms with van der Waals surface area (Å²) in [7, 11) is 1.58. The number of carbonyl (C=O) groups is 2. The summed E-state index contributed by atoms with van der Waals surface area (Å²) in [5.41, 5.74) is 5.92. The molecule has 2 rings (SSSR count). The number of hydrogen-bond acceptors (Lipinski definition) is 3. The number of nitrogens with two attached hydrogens (primary N) is 1. The summed E-state index contributed by atoms with van der Waals surface area (Å²) in [6, 6.07) is 2.68. The summed E-state index contributed by atoms with van der Waals surface area (Å²) in [5.74, 6) is -0.882. The summed E-state index contributed by atoms with van der Waals surface area (Å²) < 4.78 is 13.7. The van der Waals surface area contributed by atoms with Crippen molar-refractivity contribution in [1.82, 2.24) is 10.2 Å². The van der Waals surface area contributed by atoms with Gasteiger partial charge in [0, 0.05) is 37.0 Å². The van der Waals surface area contributed by atoms with Crippen molar-refractivity contribution in [3.63, 3.8) is 0 Å². The van der Waals surface area contributed by atoms with Crippen LogP contribution in [0.25, 0.3) is 0 Å². The van der Waals surface area contributed by atoms with Gasteiger partial charge >= 0.3 is 0 Å². The third-order valence-corrected chi connectivity index (χ3v) is 4.17. The normalized spacial score (nSPS) is 21.4. The highest BCUT2D eigenvalue weighted by Gasteiger charge is 2.41. The molecule has 0 bridgehead atoms. The maximum absolute atomic E-state index is 13.7. The zero-order chi connectivity index (χ0) is 15.8. The Bertz CT molecular complexity index is 580. The average molecular weight is 293 g/mol. The van der Waals surface area contributed by atoms with E-state index in [1.807, 2.05) is 6.92 Å². The van der Waals surface area contributed by atoms with Gasteiger partial charge in [-0.1, -0.05) is 0 Å². The van der Waals surface area contributed by atoms with Crippen molar-refractivity contribution in [3.8, 4) is 0 Å². The van der Waals surface area contributed by atoms with Gasteiger partial charge in [-0.25, -0.2) is 4.39 Å². The third kappa shape index (κ3) is 2.70. The van der Waals surface area contributed by atoms with Crippen LogP contribution in [0.1, 0.15) is 29.3 Å². The molecule has 1 aliphatic heterocycles. The highest BCUT2D eigenvalue weighted by Crippen LogP contribution is 2.31. The molecule has 0 aliphatic carbocycles. The van der Waals surface area contributed by atoms with Crippen LogP contribution in [0.2, 0.25) is 0 Å². The molecule has 5 nitrogen and oxygen atoms in total. The van der Waals surface area contributed by atoms with E-state index >= 15 is 0 Å². The number of nitrogens with one attached hydrogen (secondary N) is 1. The number of rotatable bonds is 2. The molecule has 2 amide bonds. The van der Waals surface area contributed by atoms with Gasteiger partial charge in [0.1, 0.15) is 5.82 Å². The number of halogens is 1. The number of likely N-dealkylation sites (tertiary alicyclic amines) is 1. The van der Waals surface area contributed by atoms with E-state index in [0.29, 0.717) is 25.1 Å². The highest BCUT2D eigenvalue weighted by atomic mass is 19.1. The highest BCUT2D eigenvalue weighted by molar-refractivity contribution is 5.96. The fraction of sp³-hybridized carbons (Fsp3) is 0.467. The van der Waals surface area contributed by atoms with Crippen molar-refractivity contribution in [2.24, 2.45) is 5.41 Å². The minimum absolute atomic E-state index is 0.0904. The van der Waals surface area contributed by atoms with Crippen LogP contribution in [-0.2, 0) is 4.79 Å². The predicted octanol–water partition coefficient (Wildman–Crippen LogP) is 1.31. The van der Waals surface area contributed by atoms with Crippen LogP contribution in [0.15, 0.2) is 12.1 Å². The van der Waals surface area contributed by atoms with Gasteiger partial charge in [0.15, 0.2) is 0 Å². The number of anilines is 1. The molecule has 1 fully saturated rings. The van der Waals surface area contributed by atoms with Gasteiger partial charge in [-0.15, -0.1) is 0 Å². The molecular formula is C15H20FN3O2. The van der Waals surface area contributed by atoms with Gasteiger partial charge in [-0.05, 0) is 32.4 Å². The minimum Gasteiger partial charge on any atom is -0.398 e. The van der Waals surface area contributed by atoms with E-state index < -0.39 is 11.2 Å². The number of benzene rings is 1. The van der Waals surface area contributed by atoms with Crippen molar-refractivity contribution in [2.45, 2.75) is 20.3 Å². The second-order valence-electron chi connectivity index (χ2n) is 5.79. The van der Waals surface area contributed by atoms with Crippen molar-refractivity contribution in [2.75, 3.05) is 25.9 Å². The Labute approximate surface area is 123 Å². The topological polar surface area (TPSA) is 75.4 Å². The summed E-state index contributed by atoms with van der Waals surface area (Å²) >= 11 is 0. The Hall–Kier alpha value is -2.11. The minimum atomic E-state index is -0.598. The van der Waals surface area contributed by atoms with E-state index in [1.165, 1.54) is 12.1 Å². The van der Waals surface area contributed by atoms with Gasteiger partial charge in [-0.3, -0.25) is 9.59 Å². The predicted molar refractivity (Wildman–Crippen MR) is 78.2 cm³/mol. The zero-order valence-corrected chi connectivity index (χ0v) is 12.5. The Morgan fingerprint density at radius 2 is 2.10 bits per heavy atom. The van der Waals surface area contributed by atoms with Crippen molar-refractivity contribution in [1.29, 1.82) is 0 Å². The standard InChI is InChI=1S/C15H20FN3O2/c1-9-11(16)6-10(7-12(9)17)13(20)19-5-4-15(2,8-19)14(21)18-3/h6-7H,4-5,8,17H2,1-3H3,(H,18,21). The fourth-order valence-electron chi connectivity index (χ4n) is 2.63. The number of carbonyl (C=O) groups excluding carboxylic acids is 2. The molecular weight excluding hydrogens is 273 g/mol. The quantitative estimate of drug-likeness (QED) is 0.807. The lowest BCUT2D eigenvalue weighted by Crippen LogP contribution is -2.40. The maximum Gasteiger partial charge on any atom is 0.254 e. The summed E-state index contributed by atoms with van der Waals surface area (Å²) in [6.45, 7) is 4.18. The molecule has 1 saturated heterocycles. The van der Waals surface area contributed by atoms with E-state index in [1.54, 1.807) is 18.9 Å². The first-order valence-corrected chi connectivity index (χ1v) is 6.85. The van der Waals surface area contributed by atoms with Crippen molar-refractivity contribution >= 4 is 17.5 Å². The van der Waals surface area contributed by atoms with E-state index in [2.05, 4.69) is 5.32 Å². The van der Waals surface area contributed by atoms with Crippen LogP contribution in [0.4, 0.5) is 10.1 Å². The molecule has 0 saturated carbocycles. The number of nitrogen functional groups attached to an aromatic ring is 1. The maximum atomic E-state index is 13.7. The molecule has 1 aromatic rings. The molecule has 1 aromatic carbocycles. The summed E-state index contributed by atoms with van der Waals surface area (Å²) in [5, 5.41) is 2.62. The summed E-state index contributed by atoms with van der Waals surface area (Å²) in [4.78, 5) is 25.9. The first-order chi connectivity index (χ1) is 9.78. The summed E-state index contributed by atoms with van der Waals surface area (Å²) in [6.07, 6.45) is 0.586. The first-order valence-electron chi connectivity index (χ1n) is 6.85. The van der Waals surface area contributed by atoms with Gasteiger partial charge in [-0.2, -0.15) is 0 Å². The fourth-order valence-corrected chi connectivity index (χ4v) is 2.63. The van der Waals surface area contributed by atoms with E-state index in [4.69, 9.17) is 5.73 Å². The van der Waals surface area contributed by atoms with Crippen LogP contribution in [-0.4, -0.2) is 36.9 Å². The van der Waals surface area contributed by atoms with Crippen LogP contribution < -0.4 is 11.1 Å². The van der Waals surface area contributed by atoms with Gasteiger partial charge < -0.3 is 16.0 Å². The molecule has 114 valence electrons. The number of hydrogen-bond donors (Lipinski definition) is 2. The van der Waals surface area contributed by atoms with Crippen molar-refractivity contribution < 1.29 is 14.0 Å². The molecule has 1 unspecified atom stereocenters. The zero-order valence-electron chi connectivity index (χ0n) is 12.5. The molecule has 3 N–H and O–H groups in total. The second kappa shape index (κ2) is 5.35. The number of nitrogens with zero attached hydrogens (tertiary/aromatic N) is 1. The Morgan fingerprint density at radius 1 is 1.43 bits per heavy atom. The SMILES string of the molecule is CNC(=O)C1(C)CCN(C(=O)c2cc(N)c(C)c(F)c2)C1. The van der Waals surface area contributed by atoms with E-state index in [0.717, 1.165) is 0 Å².